The summed E-state index contributed by atoms with van der Waals surface area (Å²) in [5, 5.41) is 21.0. The van der Waals surface area contributed by atoms with Gasteiger partial charge in [-0.05, 0) is 32.4 Å². The van der Waals surface area contributed by atoms with E-state index in [0.717, 1.165) is 13.1 Å². The van der Waals surface area contributed by atoms with Crippen molar-refractivity contribution in [3.63, 3.8) is 0 Å². The molecule has 0 radical (unpaired) electrons. The molecule has 0 amide bonds. The highest BCUT2D eigenvalue weighted by atomic mass is 16.3. The summed E-state index contributed by atoms with van der Waals surface area (Å²) in [6.07, 6.45) is -0.672. The molecular weight excluding hydrogens is 204 g/mol. The van der Waals surface area contributed by atoms with E-state index in [2.05, 4.69) is 36.7 Å². The van der Waals surface area contributed by atoms with Gasteiger partial charge in [0.2, 0.25) is 0 Å². The highest BCUT2D eigenvalue weighted by Gasteiger charge is 2.08. The Morgan fingerprint density at radius 1 is 1.44 bits per heavy atom. The normalized spacial score (nSPS) is 13.1. The SMILES string of the molecule is CCn1c(C)cc(CNCC(O)CO)c1C. The van der Waals surface area contributed by atoms with Gasteiger partial charge in [-0.2, -0.15) is 0 Å². The smallest absolute Gasteiger partial charge is 0.0895 e. The molecule has 16 heavy (non-hydrogen) atoms. The predicted octanol–water partition coefficient (Wildman–Crippen LogP) is 0.568. The number of aromatic nitrogens is 1. The van der Waals surface area contributed by atoms with Crippen LogP contribution >= 0.6 is 0 Å². The first-order chi connectivity index (χ1) is 7.60. The number of aryl methyl sites for hydroxylation is 1. The first-order valence-electron chi connectivity index (χ1n) is 5.75. The Kier molecular flexibility index (Phi) is 4.99. The highest BCUT2D eigenvalue weighted by molar-refractivity contribution is 5.26. The molecule has 1 heterocycles. The Labute approximate surface area is 96.9 Å². The van der Waals surface area contributed by atoms with E-state index in [1.54, 1.807) is 0 Å². The van der Waals surface area contributed by atoms with E-state index in [1.807, 2.05) is 0 Å². The molecule has 0 aromatic carbocycles. The van der Waals surface area contributed by atoms with Gasteiger partial charge < -0.3 is 20.1 Å². The van der Waals surface area contributed by atoms with Crippen molar-refractivity contribution in [3.8, 4) is 0 Å². The van der Waals surface area contributed by atoms with Crippen LogP contribution in [0.2, 0.25) is 0 Å². The summed E-state index contributed by atoms with van der Waals surface area (Å²) >= 11 is 0. The van der Waals surface area contributed by atoms with Crippen LogP contribution in [0.3, 0.4) is 0 Å². The minimum atomic E-state index is -0.672. The molecule has 3 N–H and O–H groups in total. The first-order valence-corrected chi connectivity index (χ1v) is 5.75. The van der Waals surface area contributed by atoms with E-state index in [-0.39, 0.29) is 6.61 Å². The molecule has 0 saturated carbocycles. The summed E-state index contributed by atoms with van der Waals surface area (Å²) in [5.41, 5.74) is 3.79. The molecule has 1 rings (SSSR count). The Bertz CT molecular complexity index is 334. The molecule has 0 aliphatic rings. The molecule has 0 saturated heterocycles. The number of nitrogens with zero attached hydrogens (tertiary/aromatic N) is 1. The first kappa shape index (κ1) is 13.2. The molecule has 1 unspecified atom stereocenters. The third kappa shape index (κ3) is 3.07. The number of hydrogen-bond acceptors (Lipinski definition) is 3. The van der Waals surface area contributed by atoms with Crippen molar-refractivity contribution in [2.24, 2.45) is 0 Å². The summed E-state index contributed by atoms with van der Waals surface area (Å²) in [6.45, 7) is 8.28. The van der Waals surface area contributed by atoms with Gasteiger partial charge in [0, 0.05) is 31.0 Å². The molecule has 1 atom stereocenters. The largest absolute Gasteiger partial charge is 0.394 e. The van der Waals surface area contributed by atoms with Crippen molar-refractivity contribution in [1.82, 2.24) is 9.88 Å². The predicted molar refractivity (Wildman–Crippen MR) is 64.4 cm³/mol. The minimum Gasteiger partial charge on any atom is -0.394 e. The second kappa shape index (κ2) is 6.03. The van der Waals surface area contributed by atoms with Crippen molar-refractivity contribution in [3.05, 3.63) is 23.0 Å². The number of aliphatic hydroxyl groups is 2. The minimum absolute atomic E-state index is 0.193. The molecule has 4 nitrogen and oxygen atoms in total. The molecule has 0 bridgehead atoms. The zero-order valence-electron chi connectivity index (χ0n) is 10.3. The van der Waals surface area contributed by atoms with Crippen LogP contribution in [0, 0.1) is 13.8 Å². The fourth-order valence-corrected chi connectivity index (χ4v) is 1.98. The number of nitrogens with one attached hydrogen (secondary N) is 1. The fourth-order valence-electron chi connectivity index (χ4n) is 1.98. The number of rotatable bonds is 6. The number of hydrogen-bond donors (Lipinski definition) is 3. The van der Waals surface area contributed by atoms with Crippen LogP contribution in [0.25, 0.3) is 0 Å². The molecule has 1 aromatic heterocycles. The molecule has 4 heteroatoms. The second-order valence-electron chi connectivity index (χ2n) is 4.11. The molecule has 0 aliphatic heterocycles. The van der Waals surface area contributed by atoms with Gasteiger partial charge in [0.05, 0.1) is 12.7 Å². The van der Waals surface area contributed by atoms with E-state index in [0.29, 0.717) is 6.54 Å². The zero-order chi connectivity index (χ0) is 12.1. The molecule has 0 fully saturated rings. The van der Waals surface area contributed by atoms with Gasteiger partial charge in [0.1, 0.15) is 0 Å². The lowest BCUT2D eigenvalue weighted by molar-refractivity contribution is 0.0942. The average molecular weight is 226 g/mol. The highest BCUT2D eigenvalue weighted by Crippen LogP contribution is 2.14. The Hall–Kier alpha value is -0.840. The maximum Gasteiger partial charge on any atom is 0.0895 e. The summed E-state index contributed by atoms with van der Waals surface area (Å²) in [5.74, 6) is 0. The lowest BCUT2D eigenvalue weighted by Gasteiger charge is -2.09. The quantitative estimate of drug-likeness (QED) is 0.664. The molecular formula is C12H22N2O2. The van der Waals surface area contributed by atoms with Crippen LogP contribution in [-0.4, -0.2) is 34.0 Å². The summed E-state index contributed by atoms with van der Waals surface area (Å²) in [7, 11) is 0. The second-order valence-corrected chi connectivity index (χ2v) is 4.11. The number of aliphatic hydroxyl groups excluding tert-OH is 2. The summed E-state index contributed by atoms with van der Waals surface area (Å²) < 4.78 is 2.26. The van der Waals surface area contributed by atoms with Gasteiger partial charge in [-0.25, -0.2) is 0 Å². The maximum atomic E-state index is 9.19. The van der Waals surface area contributed by atoms with E-state index in [9.17, 15) is 5.11 Å². The zero-order valence-corrected chi connectivity index (χ0v) is 10.3. The van der Waals surface area contributed by atoms with E-state index >= 15 is 0 Å². The Balaban J connectivity index is 2.54. The Morgan fingerprint density at radius 3 is 2.62 bits per heavy atom. The molecule has 1 aromatic rings. The van der Waals surface area contributed by atoms with Crippen LogP contribution in [0.4, 0.5) is 0 Å². The van der Waals surface area contributed by atoms with Gasteiger partial charge in [-0.3, -0.25) is 0 Å². The van der Waals surface area contributed by atoms with Crippen molar-refractivity contribution >= 4 is 0 Å². The van der Waals surface area contributed by atoms with Crippen LogP contribution in [0.15, 0.2) is 6.07 Å². The van der Waals surface area contributed by atoms with Gasteiger partial charge in [0.15, 0.2) is 0 Å². The van der Waals surface area contributed by atoms with Crippen molar-refractivity contribution in [1.29, 1.82) is 0 Å². The topological polar surface area (TPSA) is 57.4 Å². The Morgan fingerprint density at radius 2 is 2.12 bits per heavy atom. The van der Waals surface area contributed by atoms with Gasteiger partial charge >= 0.3 is 0 Å². The van der Waals surface area contributed by atoms with Crippen molar-refractivity contribution in [2.45, 2.75) is 40.0 Å². The molecule has 0 aliphatic carbocycles. The van der Waals surface area contributed by atoms with E-state index < -0.39 is 6.10 Å². The van der Waals surface area contributed by atoms with Crippen LogP contribution in [0.1, 0.15) is 23.9 Å². The maximum absolute atomic E-state index is 9.19. The third-order valence-electron chi connectivity index (χ3n) is 2.90. The van der Waals surface area contributed by atoms with Gasteiger partial charge in [-0.1, -0.05) is 0 Å². The van der Waals surface area contributed by atoms with Crippen LogP contribution < -0.4 is 5.32 Å². The lowest BCUT2D eigenvalue weighted by atomic mass is 10.2. The van der Waals surface area contributed by atoms with E-state index in [1.165, 1.54) is 17.0 Å². The third-order valence-corrected chi connectivity index (χ3v) is 2.90. The van der Waals surface area contributed by atoms with Crippen molar-refractivity contribution in [2.75, 3.05) is 13.2 Å². The summed E-state index contributed by atoms with van der Waals surface area (Å²) in [4.78, 5) is 0. The molecule has 92 valence electrons. The summed E-state index contributed by atoms with van der Waals surface area (Å²) in [6, 6.07) is 2.16. The standard InChI is InChI=1S/C12H22N2O2/c1-4-14-9(2)5-11(10(14)3)6-13-7-12(16)8-15/h5,12-13,15-16H,4,6-8H2,1-3H3. The lowest BCUT2D eigenvalue weighted by Crippen LogP contribution is -2.29. The van der Waals surface area contributed by atoms with Gasteiger partial charge in [0.25, 0.3) is 0 Å². The van der Waals surface area contributed by atoms with Gasteiger partial charge in [-0.15, -0.1) is 0 Å². The van der Waals surface area contributed by atoms with Crippen LogP contribution in [-0.2, 0) is 13.1 Å². The van der Waals surface area contributed by atoms with E-state index in [4.69, 9.17) is 5.11 Å². The fraction of sp³-hybridized carbons (Fsp3) is 0.667. The van der Waals surface area contributed by atoms with Crippen LogP contribution in [0.5, 0.6) is 0 Å². The average Bonchev–Trinajstić information content (AvgIpc) is 2.53. The monoisotopic (exact) mass is 226 g/mol. The van der Waals surface area contributed by atoms with Crippen molar-refractivity contribution < 1.29 is 10.2 Å². The molecule has 0 spiro atoms.